The Balaban J connectivity index is 3.74. The second kappa shape index (κ2) is 10.4. The summed E-state index contributed by atoms with van der Waals surface area (Å²) in [6.07, 6.45) is -10.2. The van der Waals surface area contributed by atoms with Crippen LogP contribution in [-0.2, 0) is 10.3 Å². The Kier molecular flexibility index (Phi) is 9.33. The highest BCUT2D eigenvalue weighted by atomic mass is 19.4. The van der Waals surface area contributed by atoms with Crippen LogP contribution >= 0.6 is 0 Å². The average Bonchev–Trinajstić information content (AvgIpc) is 2.81. The molecule has 0 amide bonds. The molecule has 0 fully saturated rings. The molecular weight excluding hydrogens is 603 g/mol. The Bertz CT molecular complexity index is 1030. The van der Waals surface area contributed by atoms with Crippen LogP contribution in [0.5, 0.6) is 0 Å². The van der Waals surface area contributed by atoms with Crippen LogP contribution in [0.3, 0.4) is 0 Å². The quantitative estimate of drug-likeness (QED) is 0.211. The Labute approximate surface area is 215 Å². The van der Waals surface area contributed by atoms with Crippen LogP contribution in [0, 0.1) is 0 Å². The number of halogens is 17. The van der Waals surface area contributed by atoms with Gasteiger partial charge in [0.15, 0.2) is 0 Å². The van der Waals surface area contributed by atoms with Gasteiger partial charge in [0.2, 0.25) is 0 Å². The standard InChI is InChI=1S/C22H21F17O/c1-5-11(2)12-8-6-7-9-13(12)14(3,40-4)10-15(23,24)16(25,26)17(27,28)18(29,30)19(31,32)20(33,34)21(35,36)22(37,38)39/h6-9,11H,5,10H2,1-4H3. The van der Waals surface area contributed by atoms with Gasteiger partial charge in [-0.05, 0) is 30.4 Å². The van der Waals surface area contributed by atoms with Crippen molar-refractivity contribution in [2.75, 3.05) is 7.11 Å². The Hall–Kier alpha value is -2.01. The van der Waals surface area contributed by atoms with E-state index in [4.69, 9.17) is 4.74 Å². The fourth-order valence-electron chi connectivity index (χ4n) is 3.64. The van der Waals surface area contributed by atoms with E-state index in [2.05, 4.69) is 0 Å². The van der Waals surface area contributed by atoms with Crippen molar-refractivity contribution in [3.8, 4) is 0 Å². The fraction of sp³-hybridized carbons (Fsp3) is 0.727. The maximum atomic E-state index is 14.7. The normalized spacial score (nSPS) is 17.5. The van der Waals surface area contributed by atoms with Crippen LogP contribution in [0.2, 0.25) is 0 Å². The summed E-state index contributed by atoms with van der Waals surface area (Å²) in [6, 6.07) is 4.73. The molecule has 1 aromatic carbocycles. The first-order valence-corrected chi connectivity index (χ1v) is 10.8. The molecule has 2 unspecified atom stereocenters. The molecule has 40 heavy (non-hydrogen) atoms. The molecule has 1 rings (SSSR count). The van der Waals surface area contributed by atoms with Gasteiger partial charge in [-0.15, -0.1) is 0 Å². The number of hydrogen-bond donors (Lipinski definition) is 0. The van der Waals surface area contributed by atoms with E-state index in [1.165, 1.54) is 19.1 Å². The Morgan fingerprint density at radius 1 is 0.625 bits per heavy atom. The zero-order chi connectivity index (χ0) is 32.2. The molecule has 0 aliphatic rings. The number of hydrogen-bond acceptors (Lipinski definition) is 1. The van der Waals surface area contributed by atoms with Crippen molar-refractivity contribution in [1.82, 2.24) is 0 Å². The molecule has 0 aliphatic heterocycles. The van der Waals surface area contributed by atoms with Gasteiger partial charge < -0.3 is 4.74 Å². The average molecular weight is 624 g/mol. The predicted octanol–water partition coefficient (Wildman–Crippen LogP) is 9.46. The molecular formula is C22H21F17O. The Morgan fingerprint density at radius 2 is 1.00 bits per heavy atom. The van der Waals surface area contributed by atoms with E-state index < -0.39 is 65.6 Å². The van der Waals surface area contributed by atoms with Crippen molar-refractivity contribution in [3.05, 3.63) is 35.4 Å². The van der Waals surface area contributed by atoms with Crippen LogP contribution in [0.4, 0.5) is 74.6 Å². The SMILES string of the molecule is CCC(C)c1ccccc1C(C)(CC(F)(F)C(F)(F)C(F)(F)C(F)(F)C(F)(F)C(F)(F)C(F)(F)C(F)(F)F)OC. The van der Waals surface area contributed by atoms with Crippen LogP contribution < -0.4 is 0 Å². The molecule has 0 aliphatic carbocycles. The predicted molar refractivity (Wildman–Crippen MR) is 105 cm³/mol. The van der Waals surface area contributed by atoms with E-state index >= 15 is 0 Å². The number of rotatable bonds is 12. The smallest absolute Gasteiger partial charge is 0.374 e. The number of alkyl halides is 17. The van der Waals surface area contributed by atoms with Gasteiger partial charge >= 0.3 is 47.6 Å². The summed E-state index contributed by atoms with van der Waals surface area (Å²) in [4.78, 5) is 0. The van der Waals surface area contributed by atoms with Gasteiger partial charge in [0, 0.05) is 7.11 Å². The van der Waals surface area contributed by atoms with Crippen LogP contribution in [0.15, 0.2) is 24.3 Å². The highest BCUT2D eigenvalue weighted by molar-refractivity contribution is 5.35. The molecule has 0 radical (unpaired) electrons. The minimum Gasteiger partial charge on any atom is -0.374 e. The first kappa shape index (κ1) is 36.0. The monoisotopic (exact) mass is 624 g/mol. The second-order valence-electron chi connectivity index (χ2n) is 9.16. The summed E-state index contributed by atoms with van der Waals surface area (Å²) in [5.41, 5.74) is -3.07. The summed E-state index contributed by atoms with van der Waals surface area (Å²) in [7, 11) is 0.586. The third-order valence-corrected chi connectivity index (χ3v) is 6.47. The minimum absolute atomic E-state index is 0.103. The van der Waals surface area contributed by atoms with Gasteiger partial charge in [0.05, 0.1) is 12.0 Å². The van der Waals surface area contributed by atoms with E-state index in [0.29, 0.717) is 14.0 Å². The number of benzene rings is 1. The highest BCUT2D eigenvalue weighted by Crippen LogP contribution is 2.64. The van der Waals surface area contributed by atoms with Crippen molar-refractivity contribution in [2.45, 2.75) is 92.8 Å². The fourth-order valence-corrected chi connectivity index (χ4v) is 3.64. The Morgan fingerprint density at radius 3 is 1.38 bits per heavy atom. The van der Waals surface area contributed by atoms with Crippen molar-refractivity contribution in [2.24, 2.45) is 0 Å². The summed E-state index contributed by atoms with van der Waals surface area (Å²) >= 11 is 0. The largest absolute Gasteiger partial charge is 0.460 e. The third-order valence-electron chi connectivity index (χ3n) is 6.47. The molecule has 1 nitrogen and oxygen atoms in total. The highest BCUT2D eigenvalue weighted by Gasteiger charge is 2.95. The maximum Gasteiger partial charge on any atom is 0.460 e. The van der Waals surface area contributed by atoms with Crippen molar-refractivity contribution in [1.29, 1.82) is 0 Å². The van der Waals surface area contributed by atoms with E-state index in [1.807, 2.05) is 0 Å². The van der Waals surface area contributed by atoms with Crippen LogP contribution in [0.25, 0.3) is 0 Å². The summed E-state index contributed by atoms with van der Waals surface area (Å²) in [5.74, 6) is -57.2. The summed E-state index contributed by atoms with van der Waals surface area (Å²) in [5, 5.41) is 0. The van der Waals surface area contributed by atoms with Crippen LogP contribution in [0.1, 0.15) is 50.7 Å². The first-order valence-electron chi connectivity index (χ1n) is 10.8. The van der Waals surface area contributed by atoms with Gasteiger partial charge in [0.25, 0.3) is 0 Å². The van der Waals surface area contributed by atoms with Gasteiger partial charge in [-0.25, -0.2) is 0 Å². The lowest BCUT2D eigenvalue weighted by Gasteiger charge is -2.44. The van der Waals surface area contributed by atoms with Crippen LogP contribution in [-0.4, -0.2) is 54.7 Å². The molecule has 0 aromatic heterocycles. The third kappa shape index (κ3) is 5.10. The molecule has 234 valence electrons. The van der Waals surface area contributed by atoms with E-state index in [1.54, 1.807) is 6.92 Å². The molecule has 0 heterocycles. The molecule has 0 bridgehead atoms. The number of methoxy groups -OCH3 is 1. The van der Waals surface area contributed by atoms with Gasteiger partial charge in [-0.3, -0.25) is 0 Å². The summed E-state index contributed by atoms with van der Waals surface area (Å²) < 4.78 is 236. The molecule has 0 spiro atoms. The van der Waals surface area contributed by atoms with Gasteiger partial charge in [0.1, 0.15) is 0 Å². The lowest BCUT2D eigenvalue weighted by molar-refractivity contribution is -0.462. The lowest BCUT2D eigenvalue weighted by Crippen LogP contribution is -2.74. The van der Waals surface area contributed by atoms with Gasteiger partial charge in [-0.2, -0.15) is 74.6 Å². The first-order chi connectivity index (χ1) is 17.5. The molecule has 2 atom stereocenters. The number of ether oxygens (including phenoxy) is 1. The van der Waals surface area contributed by atoms with Gasteiger partial charge in [-0.1, -0.05) is 38.1 Å². The zero-order valence-corrected chi connectivity index (χ0v) is 20.6. The topological polar surface area (TPSA) is 9.23 Å². The van der Waals surface area contributed by atoms with E-state index in [9.17, 15) is 74.6 Å². The molecule has 0 saturated heterocycles. The van der Waals surface area contributed by atoms with E-state index in [0.717, 1.165) is 12.1 Å². The second-order valence-corrected chi connectivity index (χ2v) is 9.16. The molecule has 1 aromatic rings. The minimum atomic E-state index is -8.66. The lowest BCUT2D eigenvalue weighted by atomic mass is 9.79. The zero-order valence-electron chi connectivity index (χ0n) is 20.6. The maximum absolute atomic E-state index is 14.7. The molecule has 18 heteroatoms. The van der Waals surface area contributed by atoms with E-state index in [-0.39, 0.29) is 17.5 Å². The van der Waals surface area contributed by atoms with Crippen molar-refractivity contribution < 1.29 is 79.4 Å². The van der Waals surface area contributed by atoms with Crippen molar-refractivity contribution in [3.63, 3.8) is 0 Å². The van der Waals surface area contributed by atoms with Crippen molar-refractivity contribution >= 4 is 0 Å². The molecule has 0 saturated carbocycles. The summed E-state index contributed by atoms with van der Waals surface area (Å²) in [6.45, 7) is 3.66. The molecule has 0 N–H and O–H groups in total.